The molecule has 0 fully saturated rings. The van der Waals surface area contributed by atoms with E-state index in [1.54, 1.807) is 11.3 Å². The van der Waals surface area contributed by atoms with Gasteiger partial charge in [0.2, 0.25) is 0 Å². The Morgan fingerprint density at radius 2 is 2.10 bits per heavy atom. The fourth-order valence-corrected chi connectivity index (χ4v) is 5.59. The van der Waals surface area contributed by atoms with Crippen molar-refractivity contribution in [2.45, 2.75) is 29.7 Å². The Labute approximate surface area is 127 Å². The highest BCUT2D eigenvalue weighted by Crippen LogP contribution is 2.52. The second-order valence-corrected chi connectivity index (χ2v) is 7.67. The molecule has 2 atom stereocenters. The average Bonchev–Trinajstić information content (AvgIpc) is 2.99. The zero-order chi connectivity index (χ0) is 13.7. The zero-order valence-corrected chi connectivity index (χ0v) is 12.9. The molecule has 0 radical (unpaired) electrons. The number of anilines is 2. The number of benzene rings is 1. The second kappa shape index (κ2) is 4.69. The van der Waals surface area contributed by atoms with Gasteiger partial charge in [-0.3, -0.25) is 0 Å². The molecule has 0 saturated carbocycles. The number of hydrogen-bond acceptors (Lipinski definition) is 5. The minimum Gasteiger partial charge on any atom is -0.390 e. The highest BCUT2D eigenvalue weighted by Gasteiger charge is 2.32. The van der Waals surface area contributed by atoms with Crippen LogP contribution in [-0.2, 0) is 6.54 Å². The van der Waals surface area contributed by atoms with Crippen LogP contribution in [0, 0.1) is 0 Å². The van der Waals surface area contributed by atoms with Gasteiger partial charge in [0.15, 0.2) is 0 Å². The SMILES string of the molecule is CC1CNCc2sc(N)c(C3Nc4ccccc4S3)c21. The number of nitrogen functional groups attached to an aromatic ring is 1. The Hall–Kier alpha value is -1.17. The smallest absolute Gasteiger partial charge is 0.106 e. The highest BCUT2D eigenvalue weighted by molar-refractivity contribution is 8.00. The van der Waals surface area contributed by atoms with E-state index in [0.29, 0.717) is 5.92 Å². The number of hydrogen-bond donors (Lipinski definition) is 3. The molecule has 2 unspecified atom stereocenters. The first-order chi connectivity index (χ1) is 9.74. The summed E-state index contributed by atoms with van der Waals surface area (Å²) in [6.07, 6.45) is 0. The molecule has 1 aromatic heterocycles. The molecule has 4 N–H and O–H groups in total. The highest BCUT2D eigenvalue weighted by atomic mass is 32.2. The molecule has 0 bridgehead atoms. The molecule has 1 aromatic carbocycles. The maximum absolute atomic E-state index is 6.34. The van der Waals surface area contributed by atoms with Gasteiger partial charge in [-0.2, -0.15) is 0 Å². The van der Waals surface area contributed by atoms with Crippen molar-refractivity contribution in [2.75, 3.05) is 17.6 Å². The number of thiophene rings is 1. The van der Waals surface area contributed by atoms with Crippen LogP contribution in [0.4, 0.5) is 10.7 Å². The van der Waals surface area contributed by atoms with E-state index in [1.807, 2.05) is 11.8 Å². The molecule has 104 valence electrons. The third-order valence-electron chi connectivity index (χ3n) is 4.00. The maximum Gasteiger partial charge on any atom is 0.106 e. The lowest BCUT2D eigenvalue weighted by atomic mass is 9.94. The molecule has 0 spiro atoms. The van der Waals surface area contributed by atoms with Gasteiger partial charge >= 0.3 is 0 Å². The van der Waals surface area contributed by atoms with E-state index in [2.05, 4.69) is 41.8 Å². The Kier molecular flexibility index (Phi) is 2.94. The van der Waals surface area contributed by atoms with Crippen LogP contribution < -0.4 is 16.4 Å². The third-order valence-corrected chi connectivity index (χ3v) is 6.25. The van der Waals surface area contributed by atoms with Gasteiger partial charge < -0.3 is 16.4 Å². The molecule has 3 nitrogen and oxygen atoms in total. The van der Waals surface area contributed by atoms with Crippen LogP contribution in [0.3, 0.4) is 0 Å². The molecule has 5 heteroatoms. The van der Waals surface area contributed by atoms with Crippen molar-refractivity contribution >= 4 is 33.8 Å². The Bertz CT molecular complexity index is 640. The van der Waals surface area contributed by atoms with Crippen molar-refractivity contribution in [3.05, 3.63) is 40.3 Å². The van der Waals surface area contributed by atoms with Crippen LogP contribution in [0.2, 0.25) is 0 Å². The number of nitrogens with two attached hydrogens (primary N) is 1. The summed E-state index contributed by atoms with van der Waals surface area (Å²) >= 11 is 3.63. The van der Waals surface area contributed by atoms with Crippen molar-refractivity contribution in [1.82, 2.24) is 5.32 Å². The van der Waals surface area contributed by atoms with Crippen LogP contribution in [0.1, 0.15) is 34.2 Å². The van der Waals surface area contributed by atoms with E-state index in [1.165, 1.54) is 26.6 Å². The van der Waals surface area contributed by atoms with E-state index >= 15 is 0 Å². The predicted molar refractivity (Wildman–Crippen MR) is 87.5 cm³/mol. The van der Waals surface area contributed by atoms with E-state index in [0.717, 1.165) is 18.1 Å². The van der Waals surface area contributed by atoms with Crippen molar-refractivity contribution in [1.29, 1.82) is 0 Å². The molecular weight excluding hydrogens is 286 g/mol. The first kappa shape index (κ1) is 12.6. The minimum absolute atomic E-state index is 0.257. The Balaban J connectivity index is 1.76. The summed E-state index contributed by atoms with van der Waals surface area (Å²) in [6.45, 7) is 4.28. The minimum atomic E-state index is 0.257. The normalized spacial score (nSPS) is 24.1. The topological polar surface area (TPSA) is 50.1 Å². The average molecular weight is 303 g/mol. The molecule has 20 heavy (non-hydrogen) atoms. The van der Waals surface area contributed by atoms with Crippen LogP contribution in [-0.4, -0.2) is 6.54 Å². The van der Waals surface area contributed by atoms with Crippen molar-refractivity contribution in [2.24, 2.45) is 0 Å². The standard InChI is InChI=1S/C15H17N3S2/c1-8-6-17-7-11-12(8)13(14(16)19-11)15-18-9-4-2-3-5-10(9)20-15/h2-5,8,15,17-18H,6-7,16H2,1H3. The van der Waals surface area contributed by atoms with E-state index in [9.17, 15) is 0 Å². The Morgan fingerprint density at radius 1 is 1.25 bits per heavy atom. The lowest BCUT2D eigenvalue weighted by molar-refractivity contribution is 0.576. The monoisotopic (exact) mass is 303 g/mol. The summed E-state index contributed by atoms with van der Waals surface area (Å²) < 4.78 is 0. The van der Waals surface area contributed by atoms with Gasteiger partial charge in [0.05, 0.1) is 5.00 Å². The van der Waals surface area contributed by atoms with Gasteiger partial charge in [0.1, 0.15) is 5.37 Å². The first-order valence-corrected chi connectivity index (χ1v) is 8.57. The van der Waals surface area contributed by atoms with Crippen molar-refractivity contribution < 1.29 is 0 Å². The maximum atomic E-state index is 6.34. The fraction of sp³-hybridized carbons (Fsp3) is 0.333. The summed E-state index contributed by atoms with van der Waals surface area (Å²) in [5, 5.41) is 8.32. The van der Waals surface area contributed by atoms with Crippen LogP contribution in [0.15, 0.2) is 29.2 Å². The summed E-state index contributed by atoms with van der Waals surface area (Å²) in [5.41, 5.74) is 10.4. The summed E-state index contributed by atoms with van der Waals surface area (Å²) in [6, 6.07) is 8.48. The number of thioether (sulfide) groups is 1. The van der Waals surface area contributed by atoms with Crippen molar-refractivity contribution in [3.8, 4) is 0 Å². The summed E-state index contributed by atoms with van der Waals surface area (Å²) in [5.74, 6) is 0.536. The third kappa shape index (κ3) is 1.84. The molecular formula is C15H17N3S2. The van der Waals surface area contributed by atoms with Gasteiger partial charge in [0.25, 0.3) is 0 Å². The van der Waals surface area contributed by atoms with Gasteiger partial charge in [-0.05, 0) is 23.6 Å². The van der Waals surface area contributed by atoms with Gasteiger partial charge in [0, 0.05) is 34.1 Å². The lowest BCUT2D eigenvalue weighted by Gasteiger charge is -2.23. The largest absolute Gasteiger partial charge is 0.390 e. The van der Waals surface area contributed by atoms with Gasteiger partial charge in [-0.15, -0.1) is 11.3 Å². The number of fused-ring (bicyclic) bond motifs is 2. The van der Waals surface area contributed by atoms with E-state index in [-0.39, 0.29) is 5.37 Å². The molecule has 0 saturated heterocycles. The van der Waals surface area contributed by atoms with E-state index < -0.39 is 0 Å². The first-order valence-electron chi connectivity index (χ1n) is 6.88. The summed E-state index contributed by atoms with van der Waals surface area (Å²) in [4.78, 5) is 2.73. The molecule has 2 aliphatic heterocycles. The quantitative estimate of drug-likeness (QED) is 0.751. The van der Waals surface area contributed by atoms with Crippen molar-refractivity contribution in [3.63, 3.8) is 0 Å². The van der Waals surface area contributed by atoms with Crippen LogP contribution in [0.25, 0.3) is 0 Å². The number of rotatable bonds is 1. The zero-order valence-electron chi connectivity index (χ0n) is 11.3. The van der Waals surface area contributed by atoms with Gasteiger partial charge in [-0.25, -0.2) is 0 Å². The molecule has 2 aromatic rings. The molecule has 3 heterocycles. The van der Waals surface area contributed by atoms with Crippen LogP contribution in [0.5, 0.6) is 0 Å². The predicted octanol–water partition coefficient (Wildman–Crippen LogP) is 3.75. The number of para-hydroxylation sites is 1. The molecule has 0 aliphatic carbocycles. The molecule has 4 rings (SSSR count). The molecule has 0 amide bonds. The summed E-state index contributed by atoms with van der Waals surface area (Å²) in [7, 11) is 0. The lowest BCUT2D eigenvalue weighted by Crippen LogP contribution is -2.26. The van der Waals surface area contributed by atoms with E-state index in [4.69, 9.17) is 5.73 Å². The van der Waals surface area contributed by atoms with Gasteiger partial charge in [-0.1, -0.05) is 30.8 Å². The molecule has 2 aliphatic rings. The second-order valence-electron chi connectivity index (χ2n) is 5.39. The van der Waals surface area contributed by atoms with Crippen LogP contribution >= 0.6 is 23.1 Å². The fourth-order valence-electron chi connectivity index (χ4n) is 3.09. The Morgan fingerprint density at radius 3 is 2.95 bits per heavy atom. The number of nitrogens with one attached hydrogen (secondary N) is 2.